The lowest BCUT2D eigenvalue weighted by Crippen LogP contribution is -2.20. The lowest BCUT2D eigenvalue weighted by Gasteiger charge is -2.21. The predicted molar refractivity (Wildman–Crippen MR) is 57.8 cm³/mol. The molecule has 1 aliphatic rings. The molecule has 1 heterocycles. The van der Waals surface area contributed by atoms with E-state index < -0.39 is 0 Å². The Hall–Kier alpha value is 0.310. The van der Waals surface area contributed by atoms with Crippen molar-refractivity contribution >= 4 is 11.8 Å². The van der Waals surface area contributed by atoms with Crippen molar-refractivity contribution in [3.8, 4) is 0 Å². The zero-order valence-corrected chi connectivity index (χ0v) is 8.96. The van der Waals surface area contributed by atoms with E-state index in [9.17, 15) is 0 Å². The fourth-order valence-electron chi connectivity index (χ4n) is 1.64. The van der Waals surface area contributed by atoms with E-state index >= 15 is 0 Å². The average Bonchev–Trinajstić information content (AvgIpc) is 2.14. The lowest BCUT2D eigenvalue weighted by molar-refractivity contribution is 0.437. The third-order valence-electron chi connectivity index (χ3n) is 2.50. The van der Waals surface area contributed by atoms with Crippen LogP contribution in [-0.4, -0.2) is 24.6 Å². The van der Waals surface area contributed by atoms with Crippen LogP contribution in [0.25, 0.3) is 0 Å². The van der Waals surface area contributed by atoms with Crippen molar-refractivity contribution < 1.29 is 0 Å². The van der Waals surface area contributed by atoms with Gasteiger partial charge in [0.05, 0.1) is 0 Å². The first-order valence-electron chi connectivity index (χ1n) is 5.22. The minimum atomic E-state index is 1.02. The third-order valence-corrected chi connectivity index (χ3v) is 3.55. The van der Waals surface area contributed by atoms with Gasteiger partial charge in [-0.05, 0) is 56.2 Å². The van der Waals surface area contributed by atoms with Crippen molar-refractivity contribution in [3.63, 3.8) is 0 Å². The molecule has 0 bridgehead atoms. The predicted octanol–water partition coefficient (Wildman–Crippen LogP) is 2.52. The van der Waals surface area contributed by atoms with Crippen molar-refractivity contribution in [1.29, 1.82) is 0 Å². The van der Waals surface area contributed by atoms with Gasteiger partial charge in [-0.1, -0.05) is 6.92 Å². The molecule has 12 heavy (non-hydrogen) atoms. The molecule has 1 fully saturated rings. The Balaban J connectivity index is 1.91. The maximum Gasteiger partial charge on any atom is -0.00463 e. The van der Waals surface area contributed by atoms with Gasteiger partial charge in [-0.25, -0.2) is 0 Å². The van der Waals surface area contributed by atoms with Crippen molar-refractivity contribution in [1.82, 2.24) is 5.32 Å². The highest BCUT2D eigenvalue weighted by Gasteiger charge is 2.12. The van der Waals surface area contributed by atoms with E-state index in [1.165, 1.54) is 50.3 Å². The summed E-state index contributed by atoms with van der Waals surface area (Å²) in [6.07, 6.45) is 5.58. The number of hydrogen-bond acceptors (Lipinski definition) is 2. The van der Waals surface area contributed by atoms with E-state index in [2.05, 4.69) is 24.0 Å². The molecule has 0 spiro atoms. The molecule has 2 heteroatoms. The molecule has 0 saturated carbocycles. The maximum atomic E-state index is 3.48. The Morgan fingerprint density at radius 3 is 2.67 bits per heavy atom. The van der Waals surface area contributed by atoms with Crippen LogP contribution in [-0.2, 0) is 0 Å². The number of thioether (sulfide) groups is 1. The Bertz CT molecular complexity index is 100. The summed E-state index contributed by atoms with van der Waals surface area (Å²) < 4.78 is 0. The van der Waals surface area contributed by atoms with Gasteiger partial charge < -0.3 is 5.32 Å². The van der Waals surface area contributed by atoms with Crippen LogP contribution in [0.1, 0.15) is 32.6 Å². The van der Waals surface area contributed by atoms with E-state index in [0.717, 1.165) is 5.92 Å². The van der Waals surface area contributed by atoms with Crippen LogP contribution in [0.2, 0.25) is 0 Å². The van der Waals surface area contributed by atoms with Crippen LogP contribution < -0.4 is 5.32 Å². The smallest absolute Gasteiger partial charge is 0.00463 e. The van der Waals surface area contributed by atoms with Crippen LogP contribution in [0.15, 0.2) is 0 Å². The number of nitrogens with one attached hydrogen (secondary N) is 1. The van der Waals surface area contributed by atoms with Gasteiger partial charge in [0.25, 0.3) is 0 Å². The Morgan fingerprint density at radius 2 is 2.00 bits per heavy atom. The molecule has 0 aromatic carbocycles. The summed E-state index contributed by atoms with van der Waals surface area (Å²) in [5.74, 6) is 3.83. The molecule has 1 N–H and O–H groups in total. The van der Waals surface area contributed by atoms with Gasteiger partial charge in [-0.15, -0.1) is 0 Å². The van der Waals surface area contributed by atoms with Crippen LogP contribution >= 0.6 is 11.8 Å². The molecular weight excluding hydrogens is 166 g/mol. The van der Waals surface area contributed by atoms with Crippen molar-refractivity contribution in [2.24, 2.45) is 5.92 Å². The molecule has 1 rings (SSSR count). The summed E-state index contributed by atoms with van der Waals surface area (Å²) >= 11 is 2.12. The largest absolute Gasteiger partial charge is 0.317 e. The van der Waals surface area contributed by atoms with E-state index in [1.54, 1.807) is 0 Å². The molecule has 1 aliphatic heterocycles. The molecule has 0 unspecified atom stereocenters. The van der Waals surface area contributed by atoms with Crippen molar-refractivity contribution in [2.75, 3.05) is 24.6 Å². The van der Waals surface area contributed by atoms with Gasteiger partial charge in [0.1, 0.15) is 0 Å². The fraction of sp³-hybridized carbons (Fsp3) is 1.00. The summed E-state index contributed by atoms with van der Waals surface area (Å²) in [5, 5.41) is 3.48. The SMILES string of the molecule is CCCNCCC1CCSCC1. The molecule has 0 atom stereocenters. The summed E-state index contributed by atoms with van der Waals surface area (Å²) in [6.45, 7) is 4.66. The van der Waals surface area contributed by atoms with Crippen LogP contribution in [0.3, 0.4) is 0 Å². The van der Waals surface area contributed by atoms with Gasteiger partial charge in [0.2, 0.25) is 0 Å². The maximum absolute atomic E-state index is 3.48. The van der Waals surface area contributed by atoms with Crippen LogP contribution in [0.5, 0.6) is 0 Å². The minimum absolute atomic E-state index is 1.02. The third kappa shape index (κ3) is 4.36. The molecule has 0 aromatic heterocycles. The molecule has 0 radical (unpaired) electrons. The quantitative estimate of drug-likeness (QED) is 0.664. The Kier molecular flexibility index (Phi) is 5.88. The highest BCUT2D eigenvalue weighted by atomic mass is 32.2. The summed E-state index contributed by atoms with van der Waals surface area (Å²) in [5.41, 5.74) is 0. The Morgan fingerprint density at radius 1 is 1.25 bits per heavy atom. The molecular formula is C10H21NS. The number of rotatable bonds is 5. The molecule has 0 amide bonds. The molecule has 1 nitrogen and oxygen atoms in total. The van der Waals surface area contributed by atoms with Crippen molar-refractivity contribution in [2.45, 2.75) is 32.6 Å². The first-order chi connectivity index (χ1) is 5.93. The molecule has 72 valence electrons. The van der Waals surface area contributed by atoms with Gasteiger partial charge in [-0.2, -0.15) is 11.8 Å². The molecule has 1 saturated heterocycles. The monoisotopic (exact) mass is 187 g/mol. The minimum Gasteiger partial charge on any atom is -0.317 e. The standard InChI is InChI=1S/C10H21NS/c1-2-6-11-7-3-10-4-8-12-9-5-10/h10-11H,2-9H2,1H3. The Labute approximate surface area is 80.7 Å². The van der Waals surface area contributed by atoms with Gasteiger partial charge in [-0.3, -0.25) is 0 Å². The fourth-order valence-corrected chi connectivity index (χ4v) is 2.85. The highest BCUT2D eigenvalue weighted by Crippen LogP contribution is 2.24. The first-order valence-corrected chi connectivity index (χ1v) is 6.37. The highest BCUT2D eigenvalue weighted by molar-refractivity contribution is 7.99. The lowest BCUT2D eigenvalue weighted by atomic mass is 9.99. The van der Waals surface area contributed by atoms with E-state index in [-0.39, 0.29) is 0 Å². The first kappa shape index (κ1) is 10.4. The van der Waals surface area contributed by atoms with E-state index in [1.807, 2.05) is 0 Å². The molecule has 0 aliphatic carbocycles. The van der Waals surface area contributed by atoms with E-state index in [0.29, 0.717) is 0 Å². The van der Waals surface area contributed by atoms with Gasteiger partial charge in [0, 0.05) is 0 Å². The number of hydrogen-bond donors (Lipinski definition) is 1. The second-order valence-corrected chi connectivity index (χ2v) is 4.82. The second-order valence-electron chi connectivity index (χ2n) is 3.59. The normalized spacial score (nSPS) is 19.8. The van der Waals surface area contributed by atoms with E-state index in [4.69, 9.17) is 0 Å². The van der Waals surface area contributed by atoms with Crippen LogP contribution in [0.4, 0.5) is 0 Å². The van der Waals surface area contributed by atoms with Crippen molar-refractivity contribution in [3.05, 3.63) is 0 Å². The van der Waals surface area contributed by atoms with Gasteiger partial charge in [0.15, 0.2) is 0 Å². The zero-order chi connectivity index (χ0) is 8.65. The molecule has 0 aromatic rings. The second kappa shape index (κ2) is 6.79. The average molecular weight is 187 g/mol. The van der Waals surface area contributed by atoms with Gasteiger partial charge >= 0.3 is 0 Å². The summed E-state index contributed by atoms with van der Waals surface area (Å²) in [7, 11) is 0. The van der Waals surface area contributed by atoms with Crippen LogP contribution in [0, 0.1) is 5.92 Å². The summed E-state index contributed by atoms with van der Waals surface area (Å²) in [6, 6.07) is 0. The topological polar surface area (TPSA) is 12.0 Å². The summed E-state index contributed by atoms with van der Waals surface area (Å²) in [4.78, 5) is 0. The zero-order valence-electron chi connectivity index (χ0n) is 8.14.